The number of anilines is 1. The average molecular weight is 514 g/mol. The smallest absolute Gasteiger partial charge is 0.246 e. The lowest BCUT2D eigenvalue weighted by molar-refractivity contribution is -0.141. The number of halogens is 1. The van der Waals surface area contributed by atoms with Gasteiger partial charge in [-0.1, -0.05) is 63.4 Å². The Morgan fingerprint density at radius 2 is 2.00 bits per heavy atom. The molecular formula is C28H36ClN3O4. The van der Waals surface area contributed by atoms with Gasteiger partial charge in [-0.25, -0.2) is 0 Å². The zero-order chi connectivity index (χ0) is 25.8. The number of rotatable bonds is 6. The van der Waals surface area contributed by atoms with Gasteiger partial charge in [0.1, 0.15) is 11.6 Å². The third-order valence-corrected chi connectivity index (χ3v) is 9.27. The molecule has 0 aromatic heterocycles. The summed E-state index contributed by atoms with van der Waals surface area (Å²) in [4.78, 5) is 42.7. The second-order valence-corrected chi connectivity index (χ2v) is 11.5. The molecular weight excluding hydrogens is 478 g/mol. The summed E-state index contributed by atoms with van der Waals surface area (Å²) in [6, 6.07) is 4.63. The van der Waals surface area contributed by atoms with Crippen LogP contribution in [0.1, 0.15) is 52.0 Å². The van der Waals surface area contributed by atoms with E-state index in [1.54, 1.807) is 17.0 Å². The third-order valence-electron chi connectivity index (χ3n) is 8.86. The SMILES string of the molecule is CCCN1C(=O)[C@H]2[C@H](C(=O)Nc3ccc(C)c(Cl)c3)[C@H]3C=C[C@@]2(O3)[C@@H]1C(=O)N[C@@H]1CCC[C@@H](C)[C@@H]1C. The highest BCUT2D eigenvalue weighted by molar-refractivity contribution is 6.31. The maximum absolute atomic E-state index is 13.8. The first-order valence-corrected chi connectivity index (χ1v) is 13.6. The number of amides is 3. The number of fused-ring (bicyclic) bond motifs is 1. The minimum absolute atomic E-state index is 0.0724. The normalized spacial score (nSPS) is 36.8. The summed E-state index contributed by atoms with van der Waals surface area (Å²) in [7, 11) is 0. The van der Waals surface area contributed by atoms with Crippen molar-refractivity contribution in [1.29, 1.82) is 0 Å². The topological polar surface area (TPSA) is 87.7 Å². The molecule has 194 valence electrons. The minimum atomic E-state index is -1.13. The van der Waals surface area contributed by atoms with Crippen LogP contribution in [0.2, 0.25) is 5.02 Å². The Bertz CT molecular complexity index is 1110. The number of nitrogens with zero attached hydrogens (tertiary/aromatic N) is 1. The third kappa shape index (κ3) is 3.95. The zero-order valence-electron chi connectivity index (χ0n) is 21.4. The van der Waals surface area contributed by atoms with E-state index in [4.69, 9.17) is 16.3 Å². The molecule has 1 aromatic carbocycles. The first-order valence-electron chi connectivity index (χ1n) is 13.2. The van der Waals surface area contributed by atoms with Crippen molar-refractivity contribution in [2.24, 2.45) is 23.7 Å². The standard InChI is InChI=1S/C28H36ClN3O4/c1-5-13-32-24(26(34)31-20-8-6-7-15(2)17(20)4)28-12-11-21(36-28)22(23(28)27(32)35)25(33)30-18-10-9-16(3)19(29)14-18/h9-12,14-15,17,20-24H,5-8,13H2,1-4H3,(H,30,33)(H,31,34)/t15-,17+,20-,21-,22-,23-,24+,28+/m1/s1. The molecule has 1 spiro atoms. The van der Waals surface area contributed by atoms with Crippen LogP contribution < -0.4 is 10.6 Å². The van der Waals surface area contributed by atoms with Crippen molar-refractivity contribution >= 4 is 35.0 Å². The van der Waals surface area contributed by atoms with Gasteiger partial charge in [-0.15, -0.1) is 0 Å². The highest BCUT2D eigenvalue weighted by Crippen LogP contribution is 2.55. The molecule has 4 aliphatic rings. The summed E-state index contributed by atoms with van der Waals surface area (Å²) in [6.07, 6.45) is 7.05. The van der Waals surface area contributed by atoms with E-state index < -0.39 is 29.6 Å². The van der Waals surface area contributed by atoms with Gasteiger partial charge in [-0.05, 0) is 49.3 Å². The van der Waals surface area contributed by atoms with E-state index in [0.717, 1.165) is 18.4 Å². The Kier molecular flexibility index (Phi) is 6.66. The number of ether oxygens (including phenoxy) is 1. The molecule has 7 nitrogen and oxygen atoms in total. The minimum Gasteiger partial charge on any atom is -0.359 e. The zero-order valence-corrected chi connectivity index (χ0v) is 22.2. The maximum Gasteiger partial charge on any atom is 0.246 e. The molecule has 36 heavy (non-hydrogen) atoms. The average Bonchev–Trinajstić information content (AvgIpc) is 3.47. The predicted octanol–water partition coefficient (Wildman–Crippen LogP) is 4.09. The fourth-order valence-electron chi connectivity index (χ4n) is 6.69. The van der Waals surface area contributed by atoms with Gasteiger partial charge in [0, 0.05) is 23.3 Å². The van der Waals surface area contributed by atoms with Crippen LogP contribution in [0.3, 0.4) is 0 Å². The van der Waals surface area contributed by atoms with Gasteiger partial charge in [0.15, 0.2) is 0 Å². The molecule has 1 aliphatic carbocycles. The Morgan fingerprint density at radius 3 is 2.72 bits per heavy atom. The van der Waals surface area contributed by atoms with Gasteiger partial charge >= 0.3 is 0 Å². The molecule has 3 aliphatic heterocycles. The molecule has 8 atom stereocenters. The van der Waals surface area contributed by atoms with Crippen molar-refractivity contribution in [2.75, 3.05) is 11.9 Å². The molecule has 3 fully saturated rings. The van der Waals surface area contributed by atoms with E-state index >= 15 is 0 Å². The van der Waals surface area contributed by atoms with E-state index in [1.165, 1.54) is 6.42 Å². The number of carbonyl (C=O) groups is 3. The van der Waals surface area contributed by atoms with Crippen LogP contribution in [0.4, 0.5) is 5.69 Å². The maximum atomic E-state index is 13.8. The van der Waals surface area contributed by atoms with Crippen LogP contribution in [0.25, 0.3) is 0 Å². The summed E-state index contributed by atoms with van der Waals surface area (Å²) < 4.78 is 6.39. The van der Waals surface area contributed by atoms with Crippen molar-refractivity contribution in [3.8, 4) is 0 Å². The largest absolute Gasteiger partial charge is 0.359 e. The summed E-state index contributed by atoms with van der Waals surface area (Å²) in [6.45, 7) is 8.74. The molecule has 1 aromatic rings. The number of aryl methyl sites for hydroxylation is 1. The Balaban J connectivity index is 1.42. The van der Waals surface area contributed by atoms with Gasteiger partial charge in [-0.2, -0.15) is 0 Å². The number of likely N-dealkylation sites (tertiary alicyclic amines) is 1. The first-order chi connectivity index (χ1) is 17.2. The van der Waals surface area contributed by atoms with Crippen LogP contribution in [-0.4, -0.2) is 53.0 Å². The molecule has 3 heterocycles. The fourth-order valence-corrected chi connectivity index (χ4v) is 6.87. The Labute approximate surface area is 218 Å². The van der Waals surface area contributed by atoms with Crippen molar-refractivity contribution in [3.05, 3.63) is 40.9 Å². The second-order valence-electron chi connectivity index (χ2n) is 11.1. The van der Waals surface area contributed by atoms with Crippen molar-refractivity contribution in [2.45, 2.75) is 77.2 Å². The number of benzene rings is 1. The number of nitrogens with one attached hydrogen (secondary N) is 2. The highest BCUT2D eigenvalue weighted by Gasteiger charge is 2.72. The van der Waals surface area contributed by atoms with E-state index in [9.17, 15) is 14.4 Å². The highest BCUT2D eigenvalue weighted by atomic mass is 35.5. The lowest BCUT2D eigenvalue weighted by atomic mass is 9.73. The van der Waals surface area contributed by atoms with Crippen LogP contribution in [0, 0.1) is 30.6 Å². The summed E-state index contributed by atoms with van der Waals surface area (Å²) in [5, 5.41) is 6.76. The van der Waals surface area contributed by atoms with Crippen LogP contribution >= 0.6 is 11.6 Å². The van der Waals surface area contributed by atoms with Crippen molar-refractivity contribution < 1.29 is 19.1 Å². The lowest BCUT2D eigenvalue weighted by Gasteiger charge is -2.38. The van der Waals surface area contributed by atoms with E-state index in [1.807, 2.05) is 32.1 Å². The van der Waals surface area contributed by atoms with Crippen LogP contribution in [0.15, 0.2) is 30.4 Å². The number of hydrogen-bond acceptors (Lipinski definition) is 4. The fraction of sp³-hybridized carbons (Fsp3) is 0.607. The van der Waals surface area contributed by atoms with Crippen molar-refractivity contribution in [1.82, 2.24) is 10.2 Å². The summed E-state index contributed by atoms with van der Waals surface area (Å²) in [5.41, 5.74) is 0.357. The molecule has 2 saturated heterocycles. The first kappa shape index (κ1) is 25.3. The monoisotopic (exact) mass is 513 g/mol. The molecule has 2 bridgehead atoms. The molecule has 1 saturated carbocycles. The van der Waals surface area contributed by atoms with E-state index in [-0.39, 0.29) is 23.8 Å². The quantitative estimate of drug-likeness (QED) is 0.561. The molecule has 3 amide bonds. The van der Waals surface area contributed by atoms with Crippen LogP contribution in [0.5, 0.6) is 0 Å². The molecule has 5 rings (SSSR count). The summed E-state index contributed by atoms with van der Waals surface area (Å²) in [5.74, 6) is -1.21. The molecule has 2 N–H and O–H groups in total. The van der Waals surface area contributed by atoms with Gasteiger partial charge in [0.25, 0.3) is 0 Å². The molecule has 0 radical (unpaired) electrons. The Hall–Kier alpha value is -2.38. The van der Waals surface area contributed by atoms with E-state index in [0.29, 0.717) is 35.5 Å². The number of carbonyl (C=O) groups excluding carboxylic acids is 3. The molecule has 0 unspecified atom stereocenters. The van der Waals surface area contributed by atoms with Gasteiger partial charge < -0.3 is 20.3 Å². The van der Waals surface area contributed by atoms with Gasteiger partial charge in [0.2, 0.25) is 17.7 Å². The Morgan fingerprint density at radius 1 is 1.22 bits per heavy atom. The van der Waals surface area contributed by atoms with Crippen LogP contribution in [-0.2, 0) is 19.1 Å². The van der Waals surface area contributed by atoms with Gasteiger partial charge in [0.05, 0.1) is 17.9 Å². The lowest BCUT2D eigenvalue weighted by Crippen LogP contribution is -2.57. The predicted molar refractivity (Wildman–Crippen MR) is 138 cm³/mol. The summed E-state index contributed by atoms with van der Waals surface area (Å²) >= 11 is 6.25. The second kappa shape index (κ2) is 9.49. The van der Waals surface area contributed by atoms with Crippen molar-refractivity contribution in [3.63, 3.8) is 0 Å². The molecule has 8 heteroatoms. The van der Waals surface area contributed by atoms with Gasteiger partial charge in [-0.3, -0.25) is 14.4 Å². The van der Waals surface area contributed by atoms with E-state index in [2.05, 4.69) is 24.5 Å². The number of hydrogen-bond donors (Lipinski definition) is 2.